The highest BCUT2D eigenvalue weighted by Gasteiger charge is 2.37. The van der Waals surface area contributed by atoms with E-state index in [9.17, 15) is 14.0 Å². The van der Waals surface area contributed by atoms with E-state index in [1.165, 1.54) is 18.3 Å². The monoisotopic (exact) mass is 562 g/mol. The van der Waals surface area contributed by atoms with Gasteiger partial charge in [-0.2, -0.15) is 5.10 Å². The first-order valence-electron chi connectivity index (χ1n) is 13.6. The van der Waals surface area contributed by atoms with Gasteiger partial charge in [-0.3, -0.25) is 14.3 Å². The van der Waals surface area contributed by atoms with Gasteiger partial charge in [0.1, 0.15) is 5.82 Å². The minimum Gasteiger partial charge on any atom is -0.415 e. The maximum Gasteiger partial charge on any atom is 0.253 e. The van der Waals surface area contributed by atoms with Crippen molar-refractivity contribution >= 4 is 25.8 Å². The number of anilines is 1. The maximum atomic E-state index is 13.5. The Morgan fingerprint density at radius 2 is 1.85 bits per heavy atom. The Morgan fingerprint density at radius 3 is 2.52 bits per heavy atom. The largest absolute Gasteiger partial charge is 0.415 e. The molecule has 40 heavy (non-hydrogen) atoms. The smallest absolute Gasteiger partial charge is 0.253 e. The molecular weight excluding hydrogens is 523 g/mol. The van der Waals surface area contributed by atoms with Gasteiger partial charge in [0.25, 0.3) is 5.91 Å². The summed E-state index contributed by atoms with van der Waals surface area (Å²) >= 11 is 0. The van der Waals surface area contributed by atoms with Crippen molar-refractivity contribution in [3.8, 4) is 11.3 Å². The van der Waals surface area contributed by atoms with E-state index < -0.39 is 14.2 Å². The lowest BCUT2D eigenvalue weighted by Gasteiger charge is -2.36. The van der Waals surface area contributed by atoms with Crippen LogP contribution in [0.25, 0.3) is 11.3 Å². The summed E-state index contributed by atoms with van der Waals surface area (Å²) in [4.78, 5) is 25.5. The Morgan fingerprint density at radius 1 is 1.15 bits per heavy atom. The number of benzene rings is 2. The van der Waals surface area contributed by atoms with Crippen molar-refractivity contribution in [2.24, 2.45) is 0 Å². The molecule has 1 aliphatic heterocycles. The van der Waals surface area contributed by atoms with Gasteiger partial charge in [-0.25, -0.2) is 4.39 Å². The lowest BCUT2D eigenvalue weighted by atomic mass is 9.86. The van der Waals surface area contributed by atoms with Gasteiger partial charge in [0.15, 0.2) is 8.32 Å². The van der Waals surface area contributed by atoms with Gasteiger partial charge in [0.05, 0.1) is 18.8 Å². The molecule has 2 N–H and O–H groups in total. The first kappa shape index (κ1) is 29.4. The lowest BCUT2D eigenvalue weighted by molar-refractivity contribution is -0.121. The zero-order valence-electron chi connectivity index (χ0n) is 24.4. The van der Waals surface area contributed by atoms with Crippen LogP contribution in [0.3, 0.4) is 0 Å². The molecule has 2 heterocycles. The predicted octanol–water partition coefficient (Wildman–Crippen LogP) is 6.45. The van der Waals surface area contributed by atoms with Crippen molar-refractivity contribution < 1.29 is 18.4 Å². The molecule has 4 rings (SSSR count). The molecule has 0 saturated heterocycles. The molecule has 1 atom stereocenters. The maximum absolute atomic E-state index is 13.5. The molecule has 0 saturated carbocycles. The minimum absolute atomic E-state index is 0.111. The van der Waals surface area contributed by atoms with Crippen LogP contribution in [0.4, 0.5) is 10.1 Å². The fourth-order valence-corrected chi connectivity index (χ4v) is 5.46. The molecule has 7 nitrogen and oxygen atoms in total. The molecule has 0 fully saturated rings. The number of rotatable bonds is 8. The molecule has 0 spiro atoms. The minimum atomic E-state index is -1.84. The summed E-state index contributed by atoms with van der Waals surface area (Å²) < 4.78 is 21.8. The van der Waals surface area contributed by atoms with E-state index in [-0.39, 0.29) is 29.1 Å². The van der Waals surface area contributed by atoms with Crippen molar-refractivity contribution in [3.63, 3.8) is 0 Å². The van der Waals surface area contributed by atoms with Gasteiger partial charge in [0.2, 0.25) is 5.91 Å². The molecule has 0 bridgehead atoms. The summed E-state index contributed by atoms with van der Waals surface area (Å²) in [5.74, 6) is -1.35. The van der Waals surface area contributed by atoms with Crippen LogP contribution >= 0.6 is 0 Å². The quantitative estimate of drug-likeness (QED) is 0.309. The average molecular weight is 563 g/mol. The highest BCUT2D eigenvalue weighted by atomic mass is 28.4. The first-order chi connectivity index (χ1) is 18.7. The summed E-state index contributed by atoms with van der Waals surface area (Å²) in [5.41, 5.74) is 5.41. The summed E-state index contributed by atoms with van der Waals surface area (Å²) in [6.07, 6.45) is 1.56. The Kier molecular flexibility index (Phi) is 8.46. The second-order valence-corrected chi connectivity index (χ2v) is 16.8. The van der Waals surface area contributed by atoms with Crippen LogP contribution in [0.2, 0.25) is 18.1 Å². The Hall–Kier alpha value is -3.56. The van der Waals surface area contributed by atoms with Gasteiger partial charge in [-0.1, -0.05) is 45.0 Å². The van der Waals surface area contributed by atoms with Crippen molar-refractivity contribution in [2.75, 3.05) is 11.9 Å². The molecule has 1 unspecified atom stereocenters. The number of amides is 2. The molecule has 1 aliphatic rings. The van der Waals surface area contributed by atoms with Crippen LogP contribution in [0.5, 0.6) is 0 Å². The zero-order valence-corrected chi connectivity index (χ0v) is 25.4. The van der Waals surface area contributed by atoms with Crippen LogP contribution in [0, 0.1) is 19.7 Å². The fraction of sp³-hybridized carbons (Fsp3) is 0.387. The van der Waals surface area contributed by atoms with E-state index in [1.54, 1.807) is 12.1 Å². The van der Waals surface area contributed by atoms with Gasteiger partial charge in [-0.05, 0) is 67.4 Å². The highest BCUT2D eigenvalue weighted by molar-refractivity contribution is 6.74. The SMILES string of the molecule is Cc1ccc(-c2cc(C)n(CCO[Si](C)(C)C(C)(C)C)n2)cc1NC(=O)C1=CNC(=O)CC1c1ccc(F)cc1. The second kappa shape index (κ2) is 11.5. The average Bonchev–Trinajstić information content (AvgIpc) is 3.25. The molecule has 1 aromatic heterocycles. The molecule has 9 heteroatoms. The predicted molar refractivity (Wildman–Crippen MR) is 159 cm³/mol. The number of aromatic nitrogens is 2. The van der Waals surface area contributed by atoms with Crippen molar-refractivity contribution in [3.05, 3.63) is 82.9 Å². The number of halogens is 1. The van der Waals surface area contributed by atoms with Crippen LogP contribution in [-0.4, -0.2) is 36.5 Å². The zero-order chi connectivity index (χ0) is 29.2. The normalized spacial score (nSPS) is 15.9. The molecule has 2 amide bonds. The first-order valence-corrected chi connectivity index (χ1v) is 16.5. The Balaban J connectivity index is 1.51. The fourth-order valence-electron chi connectivity index (χ4n) is 4.42. The number of nitrogens with one attached hydrogen (secondary N) is 2. The molecule has 3 aromatic rings. The van der Waals surface area contributed by atoms with Gasteiger partial charge in [-0.15, -0.1) is 0 Å². The van der Waals surface area contributed by atoms with E-state index in [4.69, 9.17) is 9.52 Å². The molecule has 0 radical (unpaired) electrons. The molecule has 2 aromatic carbocycles. The van der Waals surface area contributed by atoms with E-state index in [0.717, 1.165) is 22.5 Å². The number of carbonyl (C=O) groups is 2. The summed E-state index contributed by atoms with van der Waals surface area (Å²) in [7, 11) is -1.84. The lowest BCUT2D eigenvalue weighted by Crippen LogP contribution is -2.41. The second-order valence-electron chi connectivity index (χ2n) is 12.0. The van der Waals surface area contributed by atoms with E-state index >= 15 is 0 Å². The number of nitrogens with zero attached hydrogens (tertiary/aromatic N) is 2. The third-order valence-corrected chi connectivity index (χ3v) is 12.6. The third-order valence-electron chi connectivity index (χ3n) is 8.02. The van der Waals surface area contributed by atoms with Crippen LogP contribution in [0.1, 0.15) is 49.9 Å². The summed E-state index contributed by atoms with van der Waals surface area (Å²) in [6.45, 7) is 16.4. The number of carbonyl (C=O) groups excluding carboxylic acids is 2. The third kappa shape index (κ3) is 6.59. The molecule has 0 aliphatic carbocycles. The van der Waals surface area contributed by atoms with Crippen molar-refractivity contribution in [1.29, 1.82) is 0 Å². The van der Waals surface area contributed by atoms with E-state index in [1.807, 2.05) is 42.8 Å². The van der Waals surface area contributed by atoms with Crippen LogP contribution in [0.15, 0.2) is 60.3 Å². The highest BCUT2D eigenvalue weighted by Crippen LogP contribution is 2.36. The number of hydrogen-bond donors (Lipinski definition) is 2. The summed E-state index contributed by atoms with van der Waals surface area (Å²) in [5, 5.41) is 10.6. The van der Waals surface area contributed by atoms with Gasteiger partial charge >= 0.3 is 0 Å². The standard InChI is InChI=1S/C31H39FN4O3Si/c1-20-8-9-23(28-16-21(2)36(35-28)14-15-39-40(6,7)31(3,4)5)17-27(20)34-30(38)26-19-33-29(37)18-25(26)22-10-12-24(32)13-11-22/h8-13,16-17,19,25H,14-15,18H2,1-7H3,(H,33,37)(H,34,38). The topological polar surface area (TPSA) is 85.2 Å². The molecule has 212 valence electrons. The van der Waals surface area contributed by atoms with E-state index in [2.05, 4.69) is 44.5 Å². The Bertz CT molecular complexity index is 1440. The van der Waals surface area contributed by atoms with Crippen molar-refractivity contribution in [1.82, 2.24) is 15.1 Å². The number of aryl methyl sites for hydroxylation is 2. The van der Waals surface area contributed by atoms with Crippen LogP contribution < -0.4 is 10.6 Å². The number of hydrogen-bond acceptors (Lipinski definition) is 4. The molecular formula is C31H39FN4O3Si. The van der Waals surface area contributed by atoms with Gasteiger partial charge in [0, 0.05) is 41.1 Å². The Labute approximate surface area is 237 Å². The van der Waals surface area contributed by atoms with Crippen LogP contribution in [-0.2, 0) is 20.6 Å². The summed E-state index contributed by atoms with van der Waals surface area (Å²) in [6, 6.07) is 13.8. The van der Waals surface area contributed by atoms with Crippen molar-refractivity contribution in [2.45, 2.75) is 71.6 Å². The van der Waals surface area contributed by atoms with Gasteiger partial charge < -0.3 is 15.1 Å². The van der Waals surface area contributed by atoms with E-state index in [0.29, 0.717) is 30.0 Å².